The smallest absolute Gasteiger partial charge is 0.0947 e. The highest BCUT2D eigenvalue weighted by Gasteiger charge is 2.30. The predicted molar refractivity (Wildman–Crippen MR) is 73.7 cm³/mol. The third kappa shape index (κ3) is 2.01. The van der Waals surface area contributed by atoms with Gasteiger partial charge in [-0.3, -0.25) is 0 Å². The Bertz CT molecular complexity index is 605. The molecular formula is C15H15ClN2. The summed E-state index contributed by atoms with van der Waals surface area (Å²) in [7, 11) is 0. The molecular weight excluding hydrogens is 244 g/mol. The van der Waals surface area contributed by atoms with Gasteiger partial charge in [-0.25, -0.2) is 0 Å². The van der Waals surface area contributed by atoms with E-state index in [2.05, 4.69) is 30.1 Å². The number of rotatable bonds is 1. The minimum atomic E-state index is 0.302. The van der Waals surface area contributed by atoms with Gasteiger partial charge >= 0.3 is 0 Å². The van der Waals surface area contributed by atoms with Crippen LogP contribution in [0.2, 0.25) is 5.02 Å². The Hall–Kier alpha value is -1.41. The quantitative estimate of drug-likeness (QED) is 0.775. The second-order valence-electron chi connectivity index (χ2n) is 5.70. The molecule has 2 nitrogen and oxygen atoms in total. The van der Waals surface area contributed by atoms with Gasteiger partial charge in [-0.15, -0.1) is 0 Å². The van der Waals surface area contributed by atoms with Gasteiger partial charge in [0.1, 0.15) is 0 Å². The first-order chi connectivity index (χ1) is 8.55. The van der Waals surface area contributed by atoms with Crippen molar-refractivity contribution in [1.29, 1.82) is 0 Å². The fourth-order valence-corrected chi connectivity index (χ4v) is 2.82. The summed E-state index contributed by atoms with van der Waals surface area (Å²) < 4.78 is 0. The van der Waals surface area contributed by atoms with Crippen molar-refractivity contribution in [2.24, 2.45) is 5.41 Å². The van der Waals surface area contributed by atoms with Crippen molar-refractivity contribution in [3.05, 3.63) is 46.6 Å². The lowest BCUT2D eigenvalue weighted by atomic mass is 9.90. The molecule has 0 radical (unpaired) electrons. The molecule has 1 heterocycles. The minimum Gasteiger partial charge on any atom is -0.155 e. The highest BCUT2D eigenvalue weighted by molar-refractivity contribution is 6.33. The number of hydrogen-bond acceptors (Lipinski definition) is 2. The van der Waals surface area contributed by atoms with Gasteiger partial charge < -0.3 is 0 Å². The third-order valence-corrected chi connectivity index (χ3v) is 3.75. The fraction of sp³-hybridized carbons (Fsp3) is 0.333. The van der Waals surface area contributed by atoms with Crippen LogP contribution in [0.4, 0.5) is 0 Å². The van der Waals surface area contributed by atoms with Crippen molar-refractivity contribution in [3.8, 4) is 11.3 Å². The standard InChI is InChI=1S/C15H15ClN2/c1-15(2)8-10-7-13(17-18-14(10)9-15)11-5-3-4-6-12(11)16/h3-7H,8-9H2,1-2H3. The van der Waals surface area contributed by atoms with Crippen LogP contribution in [0.3, 0.4) is 0 Å². The van der Waals surface area contributed by atoms with E-state index in [0.29, 0.717) is 5.41 Å². The van der Waals surface area contributed by atoms with Gasteiger partial charge in [0.25, 0.3) is 0 Å². The molecule has 0 unspecified atom stereocenters. The maximum absolute atomic E-state index is 6.20. The summed E-state index contributed by atoms with van der Waals surface area (Å²) in [5.74, 6) is 0. The van der Waals surface area contributed by atoms with E-state index in [-0.39, 0.29) is 0 Å². The second kappa shape index (κ2) is 4.06. The van der Waals surface area contributed by atoms with Crippen LogP contribution in [0.5, 0.6) is 0 Å². The molecule has 0 aliphatic heterocycles. The van der Waals surface area contributed by atoms with Gasteiger partial charge in [-0.2, -0.15) is 10.2 Å². The Labute approximate surface area is 112 Å². The van der Waals surface area contributed by atoms with E-state index in [0.717, 1.165) is 34.8 Å². The first-order valence-electron chi connectivity index (χ1n) is 6.16. The van der Waals surface area contributed by atoms with Crippen LogP contribution in [-0.2, 0) is 12.8 Å². The SMILES string of the molecule is CC1(C)Cc2cc(-c3ccccc3Cl)nnc2C1. The van der Waals surface area contributed by atoms with Gasteiger partial charge in [-0.05, 0) is 36.0 Å². The summed E-state index contributed by atoms with van der Waals surface area (Å²) in [4.78, 5) is 0. The largest absolute Gasteiger partial charge is 0.155 e. The molecule has 3 rings (SSSR count). The molecule has 1 aliphatic rings. The van der Waals surface area contributed by atoms with E-state index < -0.39 is 0 Å². The number of aromatic nitrogens is 2. The van der Waals surface area contributed by atoms with Gasteiger partial charge in [-0.1, -0.05) is 43.6 Å². The molecule has 0 saturated carbocycles. The lowest BCUT2D eigenvalue weighted by Crippen LogP contribution is -2.09. The van der Waals surface area contributed by atoms with Crippen molar-refractivity contribution in [2.75, 3.05) is 0 Å². The molecule has 3 heteroatoms. The number of nitrogens with zero attached hydrogens (tertiary/aromatic N) is 2. The van der Waals surface area contributed by atoms with Gasteiger partial charge in [0.15, 0.2) is 0 Å². The highest BCUT2D eigenvalue weighted by Crippen LogP contribution is 2.36. The monoisotopic (exact) mass is 258 g/mol. The maximum atomic E-state index is 6.20. The van der Waals surface area contributed by atoms with E-state index in [4.69, 9.17) is 11.6 Å². The van der Waals surface area contributed by atoms with E-state index >= 15 is 0 Å². The second-order valence-corrected chi connectivity index (χ2v) is 6.11. The normalized spacial score (nSPS) is 16.6. The zero-order chi connectivity index (χ0) is 12.8. The minimum absolute atomic E-state index is 0.302. The first-order valence-corrected chi connectivity index (χ1v) is 6.53. The molecule has 0 spiro atoms. The average Bonchev–Trinajstić information content (AvgIpc) is 2.62. The summed E-state index contributed by atoms with van der Waals surface area (Å²) in [5.41, 5.74) is 4.58. The van der Waals surface area contributed by atoms with Crippen molar-refractivity contribution in [3.63, 3.8) is 0 Å². The summed E-state index contributed by atoms with van der Waals surface area (Å²) in [6.07, 6.45) is 2.08. The van der Waals surface area contributed by atoms with Crippen molar-refractivity contribution >= 4 is 11.6 Å². The lowest BCUT2D eigenvalue weighted by Gasteiger charge is -2.14. The number of fused-ring (bicyclic) bond motifs is 1. The molecule has 0 bridgehead atoms. The predicted octanol–water partition coefficient (Wildman–Crippen LogP) is 3.92. The van der Waals surface area contributed by atoms with Crippen molar-refractivity contribution in [1.82, 2.24) is 10.2 Å². The Balaban J connectivity index is 2.05. The van der Waals surface area contributed by atoms with Crippen LogP contribution in [0.1, 0.15) is 25.1 Å². The summed E-state index contributed by atoms with van der Waals surface area (Å²) in [6.45, 7) is 4.54. The van der Waals surface area contributed by atoms with E-state index in [1.165, 1.54) is 5.56 Å². The maximum Gasteiger partial charge on any atom is 0.0947 e. The molecule has 0 atom stereocenters. The molecule has 1 aromatic carbocycles. The topological polar surface area (TPSA) is 25.8 Å². The van der Waals surface area contributed by atoms with E-state index in [1.54, 1.807) is 0 Å². The Morgan fingerprint density at radius 2 is 1.89 bits per heavy atom. The summed E-state index contributed by atoms with van der Waals surface area (Å²) in [5, 5.41) is 9.40. The molecule has 2 aromatic rings. The van der Waals surface area contributed by atoms with Crippen LogP contribution in [0, 0.1) is 5.41 Å². The zero-order valence-corrected chi connectivity index (χ0v) is 11.3. The van der Waals surface area contributed by atoms with Gasteiger partial charge in [0.2, 0.25) is 0 Å². The van der Waals surface area contributed by atoms with Crippen LogP contribution in [-0.4, -0.2) is 10.2 Å². The van der Waals surface area contributed by atoms with Crippen LogP contribution in [0.15, 0.2) is 30.3 Å². The molecule has 0 fully saturated rings. The third-order valence-electron chi connectivity index (χ3n) is 3.42. The van der Waals surface area contributed by atoms with Crippen LogP contribution >= 0.6 is 11.6 Å². The molecule has 0 saturated heterocycles. The zero-order valence-electron chi connectivity index (χ0n) is 10.6. The molecule has 92 valence electrons. The number of benzene rings is 1. The number of halogens is 1. The van der Waals surface area contributed by atoms with Crippen molar-refractivity contribution in [2.45, 2.75) is 26.7 Å². The van der Waals surface area contributed by atoms with Gasteiger partial charge in [0, 0.05) is 5.56 Å². The Morgan fingerprint density at radius 1 is 1.11 bits per heavy atom. The summed E-state index contributed by atoms with van der Waals surface area (Å²) in [6, 6.07) is 9.91. The Kier molecular flexibility index (Phi) is 2.63. The molecule has 1 aromatic heterocycles. The average molecular weight is 259 g/mol. The molecule has 0 N–H and O–H groups in total. The van der Waals surface area contributed by atoms with Crippen LogP contribution < -0.4 is 0 Å². The molecule has 18 heavy (non-hydrogen) atoms. The van der Waals surface area contributed by atoms with E-state index in [1.807, 2.05) is 24.3 Å². The molecule has 1 aliphatic carbocycles. The van der Waals surface area contributed by atoms with E-state index in [9.17, 15) is 0 Å². The molecule has 0 amide bonds. The fourth-order valence-electron chi connectivity index (χ4n) is 2.59. The highest BCUT2D eigenvalue weighted by atomic mass is 35.5. The van der Waals surface area contributed by atoms with Crippen LogP contribution in [0.25, 0.3) is 11.3 Å². The first kappa shape index (κ1) is 11.7. The van der Waals surface area contributed by atoms with Crippen molar-refractivity contribution < 1.29 is 0 Å². The lowest BCUT2D eigenvalue weighted by molar-refractivity contribution is 0.390. The summed E-state index contributed by atoms with van der Waals surface area (Å²) >= 11 is 6.20. The number of hydrogen-bond donors (Lipinski definition) is 0. The van der Waals surface area contributed by atoms with Gasteiger partial charge in [0.05, 0.1) is 16.4 Å². The Morgan fingerprint density at radius 3 is 2.67 bits per heavy atom.